The number of hydrogen-bond acceptors (Lipinski definition) is 5. The monoisotopic (exact) mass is 409 g/mol. The summed E-state index contributed by atoms with van der Waals surface area (Å²) in [7, 11) is 0. The van der Waals surface area contributed by atoms with Crippen LogP contribution in [0, 0.1) is 6.92 Å². The number of nitrogens with one attached hydrogen (secondary N) is 2. The van der Waals surface area contributed by atoms with Gasteiger partial charge in [0.15, 0.2) is 0 Å². The molecule has 5 aromatic rings. The van der Waals surface area contributed by atoms with Crippen molar-refractivity contribution < 1.29 is 0 Å². The molecule has 4 heterocycles. The van der Waals surface area contributed by atoms with Gasteiger partial charge in [-0.2, -0.15) is 5.10 Å². The third-order valence-electron chi connectivity index (χ3n) is 5.08. The Morgan fingerprint density at radius 3 is 2.70 bits per heavy atom. The maximum atomic E-state index is 4.83. The summed E-state index contributed by atoms with van der Waals surface area (Å²) in [5, 5.41) is 13.1. The highest BCUT2D eigenvalue weighted by Gasteiger charge is 2.14. The van der Waals surface area contributed by atoms with E-state index in [4.69, 9.17) is 4.98 Å². The summed E-state index contributed by atoms with van der Waals surface area (Å²) in [6.07, 6.45) is 3.53. The number of H-pyrrole nitrogens is 1. The third kappa shape index (κ3) is 3.27. The number of fused-ring (bicyclic) bond motifs is 1. The minimum absolute atomic E-state index is 0.701. The second-order valence-corrected chi connectivity index (χ2v) is 7.91. The van der Waals surface area contributed by atoms with Gasteiger partial charge < -0.3 is 5.32 Å². The van der Waals surface area contributed by atoms with Crippen LogP contribution in [-0.4, -0.2) is 20.2 Å². The Labute approximate surface area is 178 Å². The number of thiophene rings is 1. The Hall–Kier alpha value is -3.77. The number of hydrogen-bond donors (Lipinski definition) is 2. The molecule has 0 fully saturated rings. The summed E-state index contributed by atoms with van der Waals surface area (Å²) < 4.78 is 0. The molecule has 0 bridgehead atoms. The zero-order valence-corrected chi connectivity index (χ0v) is 17.2. The summed E-state index contributed by atoms with van der Waals surface area (Å²) in [4.78, 5) is 10.2. The first-order valence-corrected chi connectivity index (χ1v) is 10.4. The smallest absolute Gasteiger partial charge is 0.134 e. The number of benzene rings is 1. The zero-order valence-electron chi connectivity index (χ0n) is 16.4. The number of pyridine rings is 2. The topological polar surface area (TPSA) is 66.5 Å². The SMILES string of the molecule is C=C(Nc1cccc(-c2cccs2)c1C)c1n[nH]c2ccc(-c3ccncc3)nc12. The van der Waals surface area contributed by atoms with Crippen molar-refractivity contribution in [2.45, 2.75) is 6.92 Å². The van der Waals surface area contributed by atoms with Gasteiger partial charge in [-0.25, -0.2) is 4.98 Å². The van der Waals surface area contributed by atoms with Crippen LogP contribution in [-0.2, 0) is 0 Å². The molecule has 0 atom stereocenters. The van der Waals surface area contributed by atoms with Crippen molar-refractivity contribution in [2.24, 2.45) is 0 Å². The molecule has 0 aliphatic carbocycles. The number of aromatic nitrogens is 4. The minimum Gasteiger partial charge on any atom is -0.354 e. The molecule has 0 saturated carbocycles. The molecule has 0 aliphatic heterocycles. The number of rotatable bonds is 5. The molecule has 5 rings (SSSR count). The number of aromatic amines is 1. The largest absolute Gasteiger partial charge is 0.354 e. The normalized spacial score (nSPS) is 11.0. The van der Waals surface area contributed by atoms with Crippen LogP contribution in [0.4, 0.5) is 5.69 Å². The zero-order chi connectivity index (χ0) is 20.5. The molecule has 0 spiro atoms. The van der Waals surface area contributed by atoms with Crippen molar-refractivity contribution >= 4 is 33.8 Å². The van der Waals surface area contributed by atoms with Gasteiger partial charge in [0.2, 0.25) is 0 Å². The first kappa shape index (κ1) is 18.3. The second-order valence-electron chi connectivity index (χ2n) is 6.96. The summed E-state index contributed by atoms with van der Waals surface area (Å²) in [5.74, 6) is 0. The first-order chi connectivity index (χ1) is 14.7. The fraction of sp³-hybridized carbons (Fsp3) is 0.0417. The second kappa shape index (κ2) is 7.57. The van der Waals surface area contributed by atoms with Crippen LogP contribution in [0.2, 0.25) is 0 Å². The molecule has 0 saturated heterocycles. The van der Waals surface area contributed by atoms with Gasteiger partial charge in [0, 0.05) is 28.5 Å². The van der Waals surface area contributed by atoms with Crippen molar-refractivity contribution in [1.82, 2.24) is 20.2 Å². The van der Waals surface area contributed by atoms with E-state index in [0.29, 0.717) is 11.4 Å². The Morgan fingerprint density at radius 2 is 1.90 bits per heavy atom. The highest BCUT2D eigenvalue weighted by atomic mass is 32.1. The van der Waals surface area contributed by atoms with Crippen LogP contribution >= 0.6 is 11.3 Å². The van der Waals surface area contributed by atoms with Crippen LogP contribution in [0.25, 0.3) is 38.4 Å². The molecule has 0 aliphatic rings. The number of nitrogens with zero attached hydrogens (tertiary/aromatic N) is 3. The van der Waals surface area contributed by atoms with Gasteiger partial charge in [-0.1, -0.05) is 24.8 Å². The van der Waals surface area contributed by atoms with Crippen molar-refractivity contribution in [3.63, 3.8) is 0 Å². The summed E-state index contributed by atoms with van der Waals surface area (Å²) >= 11 is 1.73. The van der Waals surface area contributed by atoms with Crippen molar-refractivity contribution in [3.8, 4) is 21.7 Å². The lowest BCUT2D eigenvalue weighted by Gasteiger charge is -2.13. The standard InChI is InChI=1S/C24H19N5S/c1-15-18(22-7-4-14-30-22)5-3-6-19(15)26-16(2)23-24-21(28-29-23)9-8-20(27-24)17-10-12-25-13-11-17/h3-14,26H,2H2,1H3,(H,28,29). The molecule has 146 valence electrons. The van der Waals surface area contributed by atoms with Crippen LogP contribution in [0.1, 0.15) is 11.3 Å². The van der Waals surface area contributed by atoms with E-state index < -0.39 is 0 Å². The van der Waals surface area contributed by atoms with E-state index in [-0.39, 0.29) is 0 Å². The quantitative estimate of drug-likeness (QED) is 0.366. The van der Waals surface area contributed by atoms with E-state index in [1.54, 1.807) is 23.7 Å². The van der Waals surface area contributed by atoms with E-state index >= 15 is 0 Å². The average Bonchev–Trinajstić information content (AvgIpc) is 3.45. The predicted molar refractivity (Wildman–Crippen MR) is 124 cm³/mol. The molecule has 2 N–H and O–H groups in total. The molecule has 0 radical (unpaired) electrons. The number of anilines is 1. The Bertz CT molecular complexity index is 1340. The first-order valence-electron chi connectivity index (χ1n) is 9.56. The van der Waals surface area contributed by atoms with Gasteiger partial charge in [0.1, 0.15) is 11.2 Å². The Kier molecular flexibility index (Phi) is 4.61. The van der Waals surface area contributed by atoms with Gasteiger partial charge >= 0.3 is 0 Å². The molecule has 30 heavy (non-hydrogen) atoms. The maximum absolute atomic E-state index is 4.83. The third-order valence-corrected chi connectivity index (χ3v) is 5.98. The van der Waals surface area contributed by atoms with E-state index in [0.717, 1.165) is 28.0 Å². The van der Waals surface area contributed by atoms with Crippen LogP contribution in [0.3, 0.4) is 0 Å². The fourth-order valence-electron chi connectivity index (χ4n) is 3.48. The maximum Gasteiger partial charge on any atom is 0.134 e. The van der Waals surface area contributed by atoms with Crippen molar-refractivity contribution in [1.29, 1.82) is 0 Å². The summed E-state index contributed by atoms with van der Waals surface area (Å²) in [6.45, 7) is 6.36. The lowest BCUT2D eigenvalue weighted by molar-refractivity contribution is 1.10. The molecule has 5 nitrogen and oxygen atoms in total. The van der Waals surface area contributed by atoms with Crippen molar-refractivity contribution in [2.75, 3.05) is 5.32 Å². The van der Waals surface area contributed by atoms with E-state index in [2.05, 4.69) is 69.7 Å². The lowest BCUT2D eigenvalue weighted by atomic mass is 10.0. The van der Waals surface area contributed by atoms with E-state index in [1.165, 1.54) is 16.0 Å². The Balaban J connectivity index is 1.49. The molecule has 0 amide bonds. The van der Waals surface area contributed by atoms with E-state index in [1.807, 2.05) is 24.3 Å². The van der Waals surface area contributed by atoms with Crippen LogP contribution in [0.5, 0.6) is 0 Å². The molecule has 6 heteroatoms. The van der Waals surface area contributed by atoms with Gasteiger partial charge in [0.25, 0.3) is 0 Å². The molecule has 1 aromatic carbocycles. The summed E-state index contributed by atoms with van der Waals surface area (Å²) in [6, 6.07) is 18.3. The highest BCUT2D eigenvalue weighted by molar-refractivity contribution is 7.13. The van der Waals surface area contributed by atoms with Gasteiger partial charge in [-0.05, 0) is 59.8 Å². The minimum atomic E-state index is 0.701. The van der Waals surface area contributed by atoms with Crippen LogP contribution < -0.4 is 5.32 Å². The molecule has 4 aromatic heterocycles. The average molecular weight is 410 g/mol. The van der Waals surface area contributed by atoms with Gasteiger partial charge in [0.05, 0.1) is 16.9 Å². The van der Waals surface area contributed by atoms with E-state index in [9.17, 15) is 0 Å². The highest BCUT2D eigenvalue weighted by Crippen LogP contribution is 2.33. The van der Waals surface area contributed by atoms with Crippen molar-refractivity contribution in [3.05, 3.63) is 90.2 Å². The molecular formula is C24H19N5S. The van der Waals surface area contributed by atoms with Crippen LogP contribution in [0.15, 0.2) is 78.9 Å². The summed E-state index contributed by atoms with van der Waals surface area (Å²) in [5.41, 5.74) is 8.34. The Morgan fingerprint density at radius 1 is 1.03 bits per heavy atom. The molecular weight excluding hydrogens is 390 g/mol. The van der Waals surface area contributed by atoms with Gasteiger partial charge in [-0.3, -0.25) is 10.1 Å². The molecule has 0 unspecified atom stereocenters. The lowest BCUT2D eigenvalue weighted by Crippen LogP contribution is -2.01. The fourth-order valence-corrected chi connectivity index (χ4v) is 4.29. The predicted octanol–water partition coefficient (Wildman–Crippen LogP) is 6.14. The van der Waals surface area contributed by atoms with Gasteiger partial charge in [-0.15, -0.1) is 11.3 Å².